The molecule has 0 radical (unpaired) electrons. The van der Waals surface area contributed by atoms with Gasteiger partial charge in [0.2, 0.25) is 5.91 Å². The largest absolute Gasteiger partial charge is 0.341 e. The zero-order valence-corrected chi connectivity index (χ0v) is 14.8. The number of nitrogens with one attached hydrogen (secondary N) is 1. The Kier molecular flexibility index (Phi) is 6.05. The van der Waals surface area contributed by atoms with E-state index < -0.39 is 6.04 Å². The van der Waals surface area contributed by atoms with E-state index >= 15 is 0 Å². The molecule has 0 bridgehead atoms. The highest BCUT2D eigenvalue weighted by Crippen LogP contribution is 2.18. The van der Waals surface area contributed by atoms with Crippen LogP contribution >= 0.6 is 11.6 Å². The van der Waals surface area contributed by atoms with Gasteiger partial charge in [-0.2, -0.15) is 0 Å². The van der Waals surface area contributed by atoms with Crippen molar-refractivity contribution in [2.45, 2.75) is 39.7 Å². The molecule has 0 aliphatic carbocycles. The fourth-order valence-electron chi connectivity index (χ4n) is 2.77. The van der Waals surface area contributed by atoms with Crippen LogP contribution in [0.3, 0.4) is 0 Å². The Morgan fingerprint density at radius 3 is 2.26 bits per heavy atom. The normalized spacial score (nSPS) is 17.2. The maximum Gasteiger partial charge on any atom is 0.251 e. The average molecular weight is 337 g/mol. The first-order chi connectivity index (χ1) is 10.9. The predicted molar refractivity (Wildman–Crippen MR) is 92.5 cm³/mol. The van der Waals surface area contributed by atoms with Crippen molar-refractivity contribution in [3.8, 4) is 0 Å². The molecule has 2 rings (SSSR count). The van der Waals surface area contributed by atoms with Crippen molar-refractivity contribution in [3.05, 3.63) is 34.9 Å². The topological polar surface area (TPSA) is 49.4 Å². The molecular weight excluding hydrogens is 312 g/mol. The van der Waals surface area contributed by atoms with Gasteiger partial charge in [0, 0.05) is 23.7 Å². The predicted octanol–water partition coefficient (Wildman–Crippen LogP) is 3.35. The van der Waals surface area contributed by atoms with Crippen LogP contribution in [-0.2, 0) is 4.79 Å². The number of likely N-dealkylation sites (tertiary alicyclic amines) is 1. The number of halogens is 1. The third-order valence-corrected chi connectivity index (χ3v) is 4.67. The van der Waals surface area contributed by atoms with E-state index in [0.29, 0.717) is 16.5 Å². The van der Waals surface area contributed by atoms with E-state index in [0.717, 1.165) is 25.9 Å². The summed E-state index contributed by atoms with van der Waals surface area (Å²) in [6, 6.07) is 6.19. The molecule has 0 aromatic heterocycles. The Morgan fingerprint density at radius 1 is 1.17 bits per heavy atom. The molecule has 1 aliphatic heterocycles. The smallest absolute Gasteiger partial charge is 0.251 e. The summed E-state index contributed by atoms with van der Waals surface area (Å²) < 4.78 is 0. The molecule has 126 valence electrons. The molecule has 1 aromatic rings. The molecule has 1 atom stereocenters. The number of hydrogen-bond acceptors (Lipinski definition) is 2. The first-order valence-electron chi connectivity index (χ1n) is 8.23. The van der Waals surface area contributed by atoms with Gasteiger partial charge in [-0.3, -0.25) is 9.59 Å². The van der Waals surface area contributed by atoms with Gasteiger partial charge in [0.15, 0.2) is 0 Å². The Bertz CT molecular complexity index is 549. The van der Waals surface area contributed by atoms with Gasteiger partial charge in [-0.25, -0.2) is 0 Å². The molecule has 1 N–H and O–H groups in total. The molecule has 0 saturated carbocycles. The number of carbonyl (C=O) groups is 2. The molecule has 5 heteroatoms. The van der Waals surface area contributed by atoms with E-state index in [2.05, 4.69) is 12.2 Å². The maximum atomic E-state index is 12.8. The minimum Gasteiger partial charge on any atom is -0.341 e. The van der Waals surface area contributed by atoms with E-state index in [-0.39, 0.29) is 17.7 Å². The van der Waals surface area contributed by atoms with Crippen molar-refractivity contribution in [1.82, 2.24) is 10.2 Å². The lowest BCUT2D eigenvalue weighted by Crippen LogP contribution is -2.52. The number of benzene rings is 1. The van der Waals surface area contributed by atoms with Crippen LogP contribution in [0.25, 0.3) is 0 Å². The minimum absolute atomic E-state index is 0.0224. The van der Waals surface area contributed by atoms with Gasteiger partial charge in [0.05, 0.1) is 0 Å². The number of nitrogens with zero attached hydrogens (tertiary/aromatic N) is 1. The lowest BCUT2D eigenvalue weighted by molar-refractivity contribution is -0.135. The monoisotopic (exact) mass is 336 g/mol. The van der Waals surface area contributed by atoms with Crippen molar-refractivity contribution in [1.29, 1.82) is 0 Å². The van der Waals surface area contributed by atoms with Crippen LogP contribution in [0.2, 0.25) is 5.02 Å². The third-order valence-electron chi connectivity index (χ3n) is 4.42. The van der Waals surface area contributed by atoms with E-state index in [1.807, 2.05) is 18.7 Å². The Balaban J connectivity index is 2.04. The van der Waals surface area contributed by atoms with Crippen molar-refractivity contribution in [2.24, 2.45) is 11.8 Å². The summed E-state index contributed by atoms with van der Waals surface area (Å²) in [4.78, 5) is 27.0. The van der Waals surface area contributed by atoms with Crippen LogP contribution in [-0.4, -0.2) is 35.8 Å². The highest BCUT2D eigenvalue weighted by atomic mass is 35.5. The van der Waals surface area contributed by atoms with Crippen LogP contribution in [0.4, 0.5) is 0 Å². The lowest BCUT2D eigenvalue weighted by atomic mass is 9.96. The second kappa shape index (κ2) is 7.82. The molecular formula is C18H25ClN2O2. The summed E-state index contributed by atoms with van der Waals surface area (Å²) in [6.45, 7) is 7.68. The molecule has 1 saturated heterocycles. The summed E-state index contributed by atoms with van der Waals surface area (Å²) in [5, 5.41) is 3.47. The summed E-state index contributed by atoms with van der Waals surface area (Å²) >= 11 is 5.84. The Morgan fingerprint density at radius 2 is 1.74 bits per heavy atom. The molecule has 1 aromatic carbocycles. The van der Waals surface area contributed by atoms with Gasteiger partial charge in [0.25, 0.3) is 5.91 Å². The second-order valence-corrected chi connectivity index (χ2v) is 7.15. The Labute approximate surface area is 143 Å². The number of hydrogen-bond donors (Lipinski definition) is 1. The fraction of sp³-hybridized carbons (Fsp3) is 0.556. The van der Waals surface area contributed by atoms with Gasteiger partial charge in [-0.1, -0.05) is 32.4 Å². The molecule has 2 amide bonds. The summed E-state index contributed by atoms with van der Waals surface area (Å²) in [7, 11) is 0. The zero-order valence-electron chi connectivity index (χ0n) is 14.0. The van der Waals surface area contributed by atoms with E-state index in [1.54, 1.807) is 24.3 Å². The number of amides is 2. The van der Waals surface area contributed by atoms with Gasteiger partial charge >= 0.3 is 0 Å². The van der Waals surface area contributed by atoms with E-state index in [1.165, 1.54) is 0 Å². The quantitative estimate of drug-likeness (QED) is 0.916. The SMILES string of the molecule is CC1CCN(C(=O)C(NC(=O)c2ccc(Cl)cc2)C(C)C)CC1. The minimum atomic E-state index is -0.494. The van der Waals surface area contributed by atoms with Crippen LogP contribution in [0.1, 0.15) is 44.0 Å². The standard InChI is InChI=1S/C18H25ClN2O2/c1-12(2)16(18(23)21-10-8-13(3)9-11-21)20-17(22)14-4-6-15(19)7-5-14/h4-7,12-13,16H,8-11H2,1-3H3,(H,20,22). The van der Waals surface area contributed by atoms with Crippen molar-refractivity contribution in [2.75, 3.05) is 13.1 Å². The first kappa shape index (κ1) is 17.8. The van der Waals surface area contributed by atoms with Crippen LogP contribution in [0, 0.1) is 11.8 Å². The van der Waals surface area contributed by atoms with Crippen molar-refractivity contribution < 1.29 is 9.59 Å². The zero-order chi connectivity index (χ0) is 17.0. The molecule has 1 aliphatic rings. The molecule has 1 heterocycles. The molecule has 23 heavy (non-hydrogen) atoms. The summed E-state index contributed by atoms with van der Waals surface area (Å²) in [6.07, 6.45) is 2.06. The van der Waals surface area contributed by atoms with Gasteiger partial charge < -0.3 is 10.2 Å². The van der Waals surface area contributed by atoms with Crippen molar-refractivity contribution in [3.63, 3.8) is 0 Å². The van der Waals surface area contributed by atoms with Gasteiger partial charge in [0.1, 0.15) is 6.04 Å². The number of rotatable bonds is 4. The molecule has 1 fully saturated rings. The number of piperidine rings is 1. The third kappa shape index (κ3) is 4.71. The van der Waals surface area contributed by atoms with Crippen LogP contribution in [0.15, 0.2) is 24.3 Å². The van der Waals surface area contributed by atoms with E-state index in [4.69, 9.17) is 11.6 Å². The van der Waals surface area contributed by atoms with E-state index in [9.17, 15) is 9.59 Å². The second-order valence-electron chi connectivity index (χ2n) is 6.71. The summed E-state index contributed by atoms with van der Waals surface area (Å²) in [5.74, 6) is 0.492. The average Bonchev–Trinajstić information content (AvgIpc) is 2.53. The maximum absolute atomic E-state index is 12.8. The lowest BCUT2D eigenvalue weighted by Gasteiger charge is -2.34. The van der Waals surface area contributed by atoms with Crippen LogP contribution < -0.4 is 5.32 Å². The van der Waals surface area contributed by atoms with Gasteiger partial charge in [-0.05, 0) is 48.9 Å². The highest BCUT2D eigenvalue weighted by molar-refractivity contribution is 6.30. The van der Waals surface area contributed by atoms with Crippen molar-refractivity contribution >= 4 is 23.4 Å². The fourth-order valence-corrected chi connectivity index (χ4v) is 2.89. The Hall–Kier alpha value is -1.55. The number of carbonyl (C=O) groups excluding carboxylic acids is 2. The first-order valence-corrected chi connectivity index (χ1v) is 8.61. The summed E-state index contributed by atoms with van der Waals surface area (Å²) in [5.41, 5.74) is 0.514. The molecule has 0 spiro atoms. The molecule has 4 nitrogen and oxygen atoms in total. The molecule has 1 unspecified atom stereocenters. The van der Waals surface area contributed by atoms with Crippen LogP contribution in [0.5, 0.6) is 0 Å². The van der Waals surface area contributed by atoms with Gasteiger partial charge in [-0.15, -0.1) is 0 Å². The highest BCUT2D eigenvalue weighted by Gasteiger charge is 2.30.